The number of nitrogens with two attached hydrogens (primary N) is 1. The number of halogens is 2. The molecule has 0 aromatic heterocycles. The van der Waals surface area contributed by atoms with Crippen molar-refractivity contribution in [2.24, 2.45) is 0 Å². The summed E-state index contributed by atoms with van der Waals surface area (Å²) in [6.45, 7) is 0. The number of benzene rings is 2. The molecule has 0 radical (unpaired) electrons. The Hall–Kier alpha value is -2.48. The number of para-hydroxylation sites is 1. The number of nitrogen functional groups attached to an aromatic ring is 1. The van der Waals surface area contributed by atoms with Gasteiger partial charge in [0.25, 0.3) is 11.6 Å². The van der Waals surface area contributed by atoms with Gasteiger partial charge in [0, 0.05) is 21.8 Å². The molecule has 0 atom stereocenters. The minimum absolute atomic E-state index is 0.152. The minimum atomic E-state index is -0.888. The van der Waals surface area contributed by atoms with Crippen molar-refractivity contribution in [2.45, 2.75) is 0 Å². The number of hydrogen-bond donors (Lipinski definition) is 2. The summed E-state index contributed by atoms with van der Waals surface area (Å²) in [4.78, 5) is 22.2. The third-order valence-electron chi connectivity index (χ3n) is 2.61. The summed E-state index contributed by atoms with van der Waals surface area (Å²) in [6, 6.07) is 7.76. The molecule has 0 aliphatic heterocycles. The lowest BCUT2D eigenvalue weighted by atomic mass is 10.1. The third-order valence-corrected chi connectivity index (χ3v) is 3.07. The minimum Gasteiger partial charge on any atom is -0.399 e. The van der Waals surface area contributed by atoms with Crippen LogP contribution in [0.4, 0.5) is 21.5 Å². The SMILES string of the molecule is Nc1cc(Br)cc(C(=O)Nc2c(F)cccc2[N+](=O)[O-])c1. The van der Waals surface area contributed by atoms with Crippen LogP contribution in [-0.2, 0) is 0 Å². The zero-order chi connectivity index (χ0) is 15.6. The number of nitrogens with zero attached hydrogens (tertiary/aromatic N) is 1. The van der Waals surface area contributed by atoms with Gasteiger partial charge in [0.2, 0.25) is 0 Å². The van der Waals surface area contributed by atoms with E-state index in [0.717, 1.165) is 12.1 Å². The molecule has 0 heterocycles. The highest BCUT2D eigenvalue weighted by molar-refractivity contribution is 9.10. The summed E-state index contributed by atoms with van der Waals surface area (Å²) < 4.78 is 14.3. The molecule has 0 saturated heterocycles. The van der Waals surface area contributed by atoms with Gasteiger partial charge in [0.05, 0.1) is 4.92 Å². The number of carbonyl (C=O) groups excluding carboxylic acids is 1. The average molecular weight is 354 g/mol. The fraction of sp³-hybridized carbons (Fsp3) is 0. The predicted molar refractivity (Wildman–Crippen MR) is 79.6 cm³/mol. The van der Waals surface area contributed by atoms with E-state index in [1.54, 1.807) is 6.07 Å². The van der Waals surface area contributed by atoms with Crippen molar-refractivity contribution in [1.29, 1.82) is 0 Å². The first-order chi connectivity index (χ1) is 9.88. The standard InChI is InChI=1S/C13H9BrFN3O3/c14-8-4-7(5-9(16)6-8)13(19)17-12-10(15)2-1-3-11(12)18(20)21/h1-6H,16H2,(H,17,19). The molecule has 108 valence electrons. The molecule has 0 spiro atoms. The van der Waals surface area contributed by atoms with Crippen LogP contribution in [0, 0.1) is 15.9 Å². The number of amides is 1. The number of nitro groups is 1. The number of nitrogens with one attached hydrogen (secondary N) is 1. The van der Waals surface area contributed by atoms with Crippen molar-refractivity contribution < 1.29 is 14.1 Å². The van der Waals surface area contributed by atoms with Gasteiger partial charge in [-0.3, -0.25) is 14.9 Å². The Morgan fingerprint density at radius 1 is 1.33 bits per heavy atom. The lowest BCUT2D eigenvalue weighted by molar-refractivity contribution is -0.384. The number of carbonyl (C=O) groups is 1. The van der Waals surface area contributed by atoms with Gasteiger partial charge in [-0.25, -0.2) is 4.39 Å². The fourth-order valence-corrected chi connectivity index (χ4v) is 2.23. The molecule has 2 aromatic carbocycles. The van der Waals surface area contributed by atoms with Crippen molar-refractivity contribution in [2.75, 3.05) is 11.1 Å². The van der Waals surface area contributed by atoms with E-state index in [0.29, 0.717) is 10.2 Å². The molecule has 21 heavy (non-hydrogen) atoms. The molecule has 8 heteroatoms. The Morgan fingerprint density at radius 3 is 2.67 bits per heavy atom. The molecule has 1 amide bonds. The second-order valence-electron chi connectivity index (χ2n) is 4.12. The van der Waals surface area contributed by atoms with Crippen LogP contribution in [0.3, 0.4) is 0 Å². The van der Waals surface area contributed by atoms with E-state index in [2.05, 4.69) is 21.2 Å². The van der Waals surface area contributed by atoms with Gasteiger partial charge in [0.15, 0.2) is 11.5 Å². The van der Waals surface area contributed by atoms with Crippen LogP contribution in [0.25, 0.3) is 0 Å². The first-order valence-corrected chi connectivity index (χ1v) is 6.48. The molecule has 2 rings (SSSR count). The number of anilines is 2. The van der Waals surface area contributed by atoms with E-state index in [1.165, 1.54) is 18.2 Å². The van der Waals surface area contributed by atoms with Crippen LogP contribution in [-0.4, -0.2) is 10.8 Å². The van der Waals surface area contributed by atoms with Crippen LogP contribution in [0.5, 0.6) is 0 Å². The van der Waals surface area contributed by atoms with E-state index in [-0.39, 0.29) is 5.56 Å². The Bertz CT molecular complexity index is 716. The van der Waals surface area contributed by atoms with Gasteiger partial charge in [-0.15, -0.1) is 0 Å². The molecule has 2 aromatic rings. The summed E-state index contributed by atoms with van der Waals surface area (Å²) in [7, 11) is 0. The average Bonchev–Trinajstić information content (AvgIpc) is 2.39. The third kappa shape index (κ3) is 3.34. The van der Waals surface area contributed by atoms with Gasteiger partial charge in [-0.05, 0) is 24.3 Å². The van der Waals surface area contributed by atoms with Gasteiger partial charge >= 0.3 is 0 Å². The molecular formula is C13H9BrFN3O3. The maximum Gasteiger partial charge on any atom is 0.295 e. The molecule has 0 saturated carbocycles. The molecule has 6 nitrogen and oxygen atoms in total. The van der Waals surface area contributed by atoms with Crippen LogP contribution < -0.4 is 11.1 Å². The largest absolute Gasteiger partial charge is 0.399 e. The highest BCUT2D eigenvalue weighted by Crippen LogP contribution is 2.28. The van der Waals surface area contributed by atoms with Crippen LogP contribution >= 0.6 is 15.9 Å². The quantitative estimate of drug-likeness (QED) is 0.502. The summed E-state index contributed by atoms with van der Waals surface area (Å²) in [5.41, 5.74) is 5.09. The van der Waals surface area contributed by atoms with Crippen molar-refractivity contribution in [3.05, 3.63) is 62.4 Å². The van der Waals surface area contributed by atoms with Crippen LogP contribution in [0.15, 0.2) is 40.9 Å². The van der Waals surface area contributed by atoms with E-state index >= 15 is 0 Å². The maximum absolute atomic E-state index is 13.7. The van der Waals surface area contributed by atoms with Gasteiger partial charge in [0.1, 0.15) is 0 Å². The lowest BCUT2D eigenvalue weighted by Gasteiger charge is -2.08. The molecule has 3 N–H and O–H groups in total. The zero-order valence-corrected chi connectivity index (χ0v) is 12.1. The highest BCUT2D eigenvalue weighted by Gasteiger charge is 2.20. The Kier molecular flexibility index (Phi) is 4.18. The number of hydrogen-bond acceptors (Lipinski definition) is 4. The molecule has 0 fully saturated rings. The van der Waals surface area contributed by atoms with E-state index in [9.17, 15) is 19.3 Å². The summed E-state index contributed by atoms with van der Waals surface area (Å²) in [5, 5.41) is 13.1. The smallest absolute Gasteiger partial charge is 0.295 e. The van der Waals surface area contributed by atoms with Crippen LogP contribution in [0.2, 0.25) is 0 Å². The normalized spacial score (nSPS) is 10.2. The highest BCUT2D eigenvalue weighted by atomic mass is 79.9. The van der Waals surface area contributed by atoms with Crippen molar-refractivity contribution in [3.8, 4) is 0 Å². The first kappa shape index (κ1) is 14.9. The van der Waals surface area contributed by atoms with Gasteiger partial charge in [-0.2, -0.15) is 0 Å². The maximum atomic E-state index is 13.7. The lowest BCUT2D eigenvalue weighted by Crippen LogP contribution is -2.14. The topological polar surface area (TPSA) is 98.3 Å². The van der Waals surface area contributed by atoms with Crippen molar-refractivity contribution >= 4 is 38.9 Å². The number of nitro benzene ring substituents is 1. The second kappa shape index (κ2) is 5.88. The van der Waals surface area contributed by atoms with Gasteiger partial charge in [-0.1, -0.05) is 22.0 Å². The molecular weight excluding hydrogens is 345 g/mol. The Labute approximate surface area is 127 Å². The molecule has 0 aliphatic carbocycles. The fourth-order valence-electron chi connectivity index (χ4n) is 1.72. The summed E-state index contributed by atoms with van der Waals surface area (Å²) >= 11 is 3.18. The number of rotatable bonds is 3. The van der Waals surface area contributed by atoms with E-state index in [4.69, 9.17) is 5.73 Å². The Balaban J connectivity index is 2.38. The van der Waals surface area contributed by atoms with E-state index < -0.39 is 28.0 Å². The first-order valence-electron chi connectivity index (χ1n) is 5.69. The second-order valence-corrected chi connectivity index (χ2v) is 5.03. The van der Waals surface area contributed by atoms with Gasteiger partial charge < -0.3 is 11.1 Å². The monoisotopic (exact) mass is 353 g/mol. The van der Waals surface area contributed by atoms with E-state index in [1.807, 2.05) is 0 Å². The summed E-state index contributed by atoms with van der Waals surface area (Å²) in [5.74, 6) is -1.59. The Morgan fingerprint density at radius 2 is 2.05 bits per heavy atom. The van der Waals surface area contributed by atoms with Crippen LogP contribution in [0.1, 0.15) is 10.4 Å². The molecule has 0 unspecified atom stereocenters. The molecule has 0 bridgehead atoms. The van der Waals surface area contributed by atoms with Crippen molar-refractivity contribution in [3.63, 3.8) is 0 Å². The van der Waals surface area contributed by atoms with Crippen molar-refractivity contribution in [1.82, 2.24) is 0 Å². The molecule has 0 aliphatic rings. The zero-order valence-electron chi connectivity index (χ0n) is 10.5. The predicted octanol–water partition coefficient (Wildman–Crippen LogP) is 3.33. The summed E-state index contributed by atoms with van der Waals surface area (Å²) in [6.07, 6.45) is 0.